The van der Waals surface area contributed by atoms with Crippen LogP contribution in [0.4, 0.5) is 10.5 Å². The first-order valence-corrected chi connectivity index (χ1v) is 6.91. The fraction of sp³-hybridized carbons (Fsp3) is 0.429. The van der Waals surface area contributed by atoms with Crippen LogP contribution >= 0.6 is 11.6 Å². The molecule has 2 amide bonds. The molecule has 0 aliphatic heterocycles. The average molecular weight is 297 g/mol. The van der Waals surface area contributed by atoms with Crippen molar-refractivity contribution in [1.82, 2.24) is 5.32 Å². The topological polar surface area (TPSA) is 70.7 Å². The molecule has 0 atom stereocenters. The highest BCUT2D eigenvalue weighted by molar-refractivity contribution is 6.34. The summed E-state index contributed by atoms with van der Waals surface area (Å²) in [6.45, 7) is 8.02. The zero-order chi connectivity index (χ0) is 15.3. The van der Waals surface area contributed by atoms with E-state index in [4.69, 9.17) is 17.3 Å². The van der Waals surface area contributed by atoms with Crippen molar-refractivity contribution in [2.45, 2.75) is 33.7 Å². The molecule has 0 bridgehead atoms. The van der Waals surface area contributed by atoms with Crippen LogP contribution in [0.25, 0.3) is 0 Å². The van der Waals surface area contributed by atoms with Gasteiger partial charge in [0.05, 0.1) is 10.7 Å². The highest BCUT2D eigenvalue weighted by Crippen LogP contribution is 2.29. The third-order valence-corrected chi connectivity index (χ3v) is 2.96. The molecule has 6 heteroatoms. The Morgan fingerprint density at radius 3 is 2.65 bits per heavy atom. The summed E-state index contributed by atoms with van der Waals surface area (Å²) in [6, 6.07) is 5.19. The minimum Gasteiger partial charge on any atom is -0.370 e. The average Bonchev–Trinajstić information content (AvgIpc) is 2.32. The van der Waals surface area contributed by atoms with Crippen LogP contribution in [-0.2, 0) is 0 Å². The van der Waals surface area contributed by atoms with Gasteiger partial charge in [0.1, 0.15) is 0 Å². The maximum absolute atomic E-state index is 12.3. The molecule has 3 N–H and O–H groups in total. The number of hydrogen-bond donors (Lipinski definition) is 2. The first-order chi connectivity index (χ1) is 9.36. The molecule has 0 unspecified atom stereocenters. The Labute approximate surface area is 124 Å². The first kappa shape index (κ1) is 16.3. The number of hydrogen-bond acceptors (Lipinski definition) is 2. The second-order valence-corrected chi connectivity index (χ2v) is 5.10. The zero-order valence-corrected chi connectivity index (χ0v) is 13.0. The minimum atomic E-state index is -0.342. The molecule has 1 rings (SSSR count). The highest BCUT2D eigenvalue weighted by Gasteiger charge is 2.19. The van der Waals surface area contributed by atoms with Crippen LogP contribution in [0.3, 0.4) is 0 Å². The smallest absolute Gasteiger partial charge is 0.328 e. The Hall–Kier alpha value is -1.75. The number of carbonyl (C=O) groups is 1. The number of halogens is 1. The summed E-state index contributed by atoms with van der Waals surface area (Å²) in [5, 5.41) is 3.10. The van der Waals surface area contributed by atoms with Crippen LogP contribution in [0.5, 0.6) is 0 Å². The number of nitrogens with zero attached hydrogens (tertiary/aromatic N) is 2. The van der Waals surface area contributed by atoms with Crippen molar-refractivity contribution in [3.63, 3.8) is 0 Å². The molecule has 0 saturated heterocycles. The monoisotopic (exact) mass is 296 g/mol. The normalized spacial score (nSPS) is 11.6. The summed E-state index contributed by atoms with van der Waals surface area (Å²) in [5.74, 6) is 0.105. The number of nitrogens with two attached hydrogens (primary N) is 1. The van der Waals surface area contributed by atoms with Crippen molar-refractivity contribution < 1.29 is 4.79 Å². The van der Waals surface area contributed by atoms with Crippen molar-refractivity contribution in [3.05, 3.63) is 28.8 Å². The van der Waals surface area contributed by atoms with Gasteiger partial charge in [0.15, 0.2) is 5.96 Å². The Morgan fingerprint density at radius 2 is 2.15 bits per heavy atom. The zero-order valence-electron chi connectivity index (χ0n) is 12.3. The lowest BCUT2D eigenvalue weighted by molar-refractivity contribution is 0.250. The third kappa shape index (κ3) is 4.13. The number of aliphatic imine (C=N–C) groups is 1. The molecule has 0 aromatic heterocycles. The summed E-state index contributed by atoms with van der Waals surface area (Å²) in [6.07, 6.45) is 0. The van der Waals surface area contributed by atoms with Gasteiger partial charge >= 0.3 is 6.03 Å². The van der Waals surface area contributed by atoms with E-state index in [0.717, 1.165) is 5.56 Å². The van der Waals surface area contributed by atoms with E-state index in [-0.39, 0.29) is 18.0 Å². The lowest BCUT2D eigenvalue weighted by Crippen LogP contribution is -2.46. The standard InChI is InChI=1S/C14H21ClN4O/c1-5-19(12-10(4)7-6-8-11(12)15)14(20)18-13(16)17-9(2)3/h6-9H,5H2,1-4H3,(H3,16,17,18,20). The van der Waals surface area contributed by atoms with E-state index < -0.39 is 0 Å². The highest BCUT2D eigenvalue weighted by atomic mass is 35.5. The fourth-order valence-corrected chi connectivity index (χ4v) is 2.18. The van der Waals surface area contributed by atoms with E-state index in [0.29, 0.717) is 17.3 Å². The van der Waals surface area contributed by atoms with Crippen LogP contribution in [0.2, 0.25) is 5.02 Å². The molecule has 0 aliphatic rings. The lowest BCUT2D eigenvalue weighted by Gasteiger charge is -2.24. The quantitative estimate of drug-likeness (QED) is 0.665. The summed E-state index contributed by atoms with van der Waals surface area (Å²) < 4.78 is 0. The molecule has 0 saturated carbocycles. The molecule has 1 aromatic rings. The molecule has 0 fully saturated rings. The molecule has 0 spiro atoms. The minimum absolute atomic E-state index is 0.0208. The van der Waals surface area contributed by atoms with Crippen LogP contribution in [0.15, 0.2) is 23.2 Å². The number of rotatable bonds is 3. The van der Waals surface area contributed by atoms with E-state index in [1.807, 2.05) is 39.8 Å². The summed E-state index contributed by atoms with van der Waals surface area (Å²) in [4.78, 5) is 17.9. The van der Waals surface area contributed by atoms with Crippen molar-refractivity contribution in [2.75, 3.05) is 11.4 Å². The van der Waals surface area contributed by atoms with Gasteiger partial charge < -0.3 is 5.73 Å². The van der Waals surface area contributed by atoms with Crippen LogP contribution in [0.1, 0.15) is 26.3 Å². The van der Waals surface area contributed by atoms with Gasteiger partial charge in [0.25, 0.3) is 0 Å². The van der Waals surface area contributed by atoms with E-state index in [1.165, 1.54) is 0 Å². The molecule has 110 valence electrons. The lowest BCUT2D eigenvalue weighted by atomic mass is 10.2. The number of carbonyl (C=O) groups excluding carboxylic acids is 1. The number of nitrogens with one attached hydrogen (secondary N) is 1. The van der Waals surface area contributed by atoms with Crippen molar-refractivity contribution in [1.29, 1.82) is 0 Å². The molecule has 5 nitrogen and oxygen atoms in total. The van der Waals surface area contributed by atoms with Crippen molar-refractivity contribution >= 4 is 29.3 Å². The van der Waals surface area contributed by atoms with Gasteiger partial charge in [-0.05, 0) is 39.3 Å². The van der Waals surface area contributed by atoms with Crippen molar-refractivity contribution in [3.8, 4) is 0 Å². The third-order valence-electron chi connectivity index (χ3n) is 2.65. The predicted molar refractivity (Wildman–Crippen MR) is 84.5 cm³/mol. The van der Waals surface area contributed by atoms with E-state index in [1.54, 1.807) is 11.0 Å². The molecule has 20 heavy (non-hydrogen) atoms. The van der Waals surface area contributed by atoms with Gasteiger partial charge in [0.2, 0.25) is 0 Å². The molecule has 0 radical (unpaired) electrons. The number of amides is 2. The second kappa shape index (κ2) is 7.14. The van der Waals surface area contributed by atoms with Crippen LogP contribution in [-0.4, -0.2) is 24.6 Å². The van der Waals surface area contributed by atoms with E-state index >= 15 is 0 Å². The van der Waals surface area contributed by atoms with Gasteiger partial charge in [0, 0.05) is 12.6 Å². The van der Waals surface area contributed by atoms with Gasteiger partial charge in [-0.3, -0.25) is 15.2 Å². The Bertz CT molecular complexity index is 494. The van der Waals surface area contributed by atoms with Gasteiger partial charge in [-0.15, -0.1) is 0 Å². The summed E-state index contributed by atoms with van der Waals surface area (Å²) in [5.41, 5.74) is 7.29. The number of urea groups is 1. The summed E-state index contributed by atoms with van der Waals surface area (Å²) >= 11 is 6.18. The summed E-state index contributed by atoms with van der Waals surface area (Å²) in [7, 11) is 0. The Balaban J connectivity index is 2.99. The number of para-hydroxylation sites is 1. The van der Waals surface area contributed by atoms with Crippen molar-refractivity contribution in [2.24, 2.45) is 10.7 Å². The second-order valence-electron chi connectivity index (χ2n) is 4.69. The molecule has 0 heterocycles. The van der Waals surface area contributed by atoms with Gasteiger partial charge in [-0.2, -0.15) is 0 Å². The maximum atomic E-state index is 12.3. The molecule has 1 aromatic carbocycles. The van der Waals surface area contributed by atoms with E-state index in [2.05, 4.69) is 10.3 Å². The van der Waals surface area contributed by atoms with Crippen LogP contribution in [0, 0.1) is 6.92 Å². The maximum Gasteiger partial charge on any atom is 0.328 e. The molecule has 0 aliphatic carbocycles. The van der Waals surface area contributed by atoms with Gasteiger partial charge in [-0.1, -0.05) is 23.7 Å². The van der Waals surface area contributed by atoms with Gasteiger partial charge in [-0.25, -0.2) is 4.79 Å². The molecular weight excluding hydrogens is 276 g/mol. The predicted octanol–water partition coefficient (Wildman–Crippen LogP) is 2.91. The number of anilines is 1. The largest absolute Gasteiger partial charge is 0.370 e. The number of benzene rings is 1. The number of aryl methyl sites for hydroxylation is 1. The number of guanidine groups is 1. The van der Waals surface area contributed by atoms with Crippen LogP contribution < -0.4 is 16.0 Å². The van der Waals surface area contributed by atoms with E-state index in [9.17, 15) is 4.79 Å². The SMILES string of the molecule is CCN(C(=O)NC(N)=NC(C)C)c1c(C)cccc1Cl. The Morgan fingerprint density at radius 1 is 1.50 bits per heavy atom. The molecular formula is C14H21ClN4O. The first-order valence-electron chi connectivity index (χ1n) is 6.53. The fourth-order valence-electron chi connectivity index (χ4n) is 1.86. The Kier molecular flexibility index (Phi) is 5.82.